The SMILES string of the molecule is CCC(C)c1ccc[c-]1[SiH2]C1(CC2CCCCC2)C=CC=CC1.[Cl-].[Cl-].[Cl-].[Ti+4]. The van der Waals surface area contributed by atoms with Crippen LogP contribution in [0.2, 0.25) is 5.04 Å². The fourth-order valence-electron chi connectivity index (χ4n) is 4.74. The number of rotatable bonds is 6. The molecule has 3 rings (SSSR count). The van der Waals surface area contributed by atoms with Crippen LogP contribution in [0.3, 0.4) is 0 Å². The van der Waals surface area contributed by atoms with Gasteiger partial charge in [-0.1, -0.05) is 76.7 Å². The van der Waals surface area contributed by atoms with Gasteiger partial charge in [0.15, 0.2) is 0 Å². The van der Waals surface area contributed by atoms with E-state index in [1.54, 1.807) is 10.8 Å². The van der Waals surface area contributed by atoms with Crippen molar-refractivity contribution in [2.45, 2.75) is 76.2 Å². The summed E-state index contributed by atoms with van der Waals surface area (Å²) in [6.07, 6.45) is 21.0. The summed E-state index contributed by atoms with van der Waals surface area (Å²) in [7, 11) is -0.286. The summed E-state index contributed by atoms with van der Waals surface area (Å²) in [5.41, 5.74) is 1.66. The molecular weight excluding hydrogens is 447 g/mol. The van der Waals surface area contributed by atoms with Crippen LogP contribution in [0.4, 0.5) is 0 Å². The van der Waals surface area contributed by atoms with Crippen LogP contribution < -0.4 is 42.4 Å². The molecule has 150 valence electrons. The number of hydrogen-bond donors (Lipinski definition) is 0. The normalized spacial score (nSPS) is 23.0. The van der Waals surface area contributed by atoms with E-state index in [1.165, 1.54) is 51.4 Å². The second kappa shape index (κ2) is 14.6. The summed E-state index contributed by atoms with van der Waals surface area (Å²) in [6.45, 7) is 4.72. The summed E-state index contributed by atoms with van der Waals surface area (Å²) in [5, 5.41) is 2.25. The van der Waals surface area contributed by atoms with Crippen LogP contribution in [0, 0.1) is 5.92 Å². The van der Waals surface area contributed by atoms with Crippen LogP contribution in [0.5, 0.6) is 0 Å². The molecule has 0 N–H and O–H groups in total. The molecule has 0 nitrogen and oxygen atoms in total. The van der Waals surface area contributed by atoms with Gasteiger partial charge < -0.3 is 37.2 Å². The Morgan fingerprint density at radius 2 is 1.85 bits per heavy atom. The van der Waals surface area contributed by atoms with Crippen molar-refractivity contribution in [2.24, 2.45) is 5.92 Å². The van der Waals surface area contributed by atoms with Crippen LogP contribution in [-0.2, 0) is 21.7 Å². The van der Waals surface area contributed by atoms with E-state index < -0.39 is 0 Å². The maximum Gasteiger partial charge on any atom is 4.00 e. The summed E-state index contributed by atoms with van der Waals surface area (Å²) < 4.78 is 0. The molecule has 2 unspecified atom stereocenters. The Morgan fingerprint density at radius 3 is 2.44 bits per heavy atom. The quantitative estimate of drug-likeness (QED) is 0.292. The first-order chi connectivity index (χ1) is 11.2. The zero-order valence-corrected chi connectivity index (χ0v) is 21.9. The molecule has 2 aliphatic carbocycles. The monoisotopic (exact) mass is 478 g/mol. The van der Waals surface area contributed by atoms with Gasteiger partial charge in [0.2, 0.25) is 0 Å². The van der Waals surface area contributed by atoms with Crippen molar-refractivity contribution in [3.63, 3.8) is 0 Å². The van der Waals surface area contributed by atoms with E-state index in [0.717, 1.165) is 11.8 Å². The Balaban J connectivity index is 0. The van der Waals surface area contributed by atoms with Crippen LogP contribution in [0.1, 0.15) is 76.7 Å². The summed E-state index contributed by atoms with van der Waals surface area (Å²) in [5.74, 6) is 1.71. The zero-order chi connectivity index (χ0) is 16.1. The standard InChI is InChI=1S/C22H33Si.3ClH.Ti/c1-3-18(2)20-13-10-14-21(20)23-22(15-8-5-9-16-22)17-19-11-6-4-7-12-19;;;;/h5,8-10,13-15,18-19H,3-4,6-7,11-12,16-17,23H2,1-2H3;3*1H;/q-1;;;;+4/p-3. The topological polar surface area (TPSA) is 0 Å². The molecule has 0 spiro atoms. The Hall–Kier alpha value is 0.631. The maximum absolute atomic E-state index is 2.60. The number of hydrogen-bond acceptors (Lipinski definition) is 0. The van der Waals surface area contributed by atoms with Gasteiger partial charge in [-0.2, -0.15) is 16.8 Å². The molecular formula is C22H33Cl3SiTi. The van der Waals surface area contributed by atoms with Gasteiger partial charge in [-0.05, 0) is 29.7 Å². The molecule has 0 amide bonds. The molecule has 1 saturated carbocycles. The third-order valence-electron chi connectivity index (χ3n) is 6.27. The molecule has 27 heavy (non-hydrogen) atoms. The molecule has 0 heterocycles. The fourth-order valence-corrected chi connectivity index (χ4v) is 7.54. The van der Waals surface area contributed by atoms with Crippen LogP contribution in [0.15, 0.2) is 42.5 Å². The van der Waals surface area contributed by atoms with Gasteiger partial charge in [-0.3, -0.25) is 0 Å². The van der Waals surface area contributed by atoms with Gasteiger partial charge in [0, 0.05) is 9.52 Å². The van der Waals surface area contributed by atoms with Crippen molar-refractivity contribution in [3.05, 3.63) is 48.1 Å². The molecule has 2 aliphatic rings. The minimum atomic E-state index is -0.286. The van der Waals surface area contributed by atoms with Gasteiger partial charge in [-0.15, -0.1) is 0 Å². The summed E-state index contributed by atoms with van der Waals surface area (Å²) >= 11 is 0. The average Bonchev–Trinajstić information content (AvgIpc) is 3.03. The van der Waals surface area contributed by atoms with Crippen molar-refractivity contribution in [2.75, 3.05) is 0 Å². The minimum absolute atomic E-state index is 0. The van der Waals surface area contributed by atoms with E-state index in [1.807, 2.05) is 0 Å². The third-order valence-corrected chi connectivity index (χ3v) is 8.81. The summed E-state index contributed by atoms with van der Waals surface area (Å²) in [4.78, 5) is 0. The molecule has 5 heteroatoms. The van der Waals surface area contributed by atoms with Crippen molar-refractivity contribution in [3.8, 4) is 0 Å². The van der Waals surface area contributed by atoms with Gasteiger partial charge >= 0.3 is 21.7 Å². The van der Waals surface area contributed by atoms with Crippen LogP contribution >= 0.6 is 0 Å². The molecule has 1 aromatic rings. The minimum Gasteiger partial charge on any atom is -1.00 e. The molecule has 0 saturated heterocycles. The Kier molecular flexibility index (Phi) is 16.1. The molecule has 1 aromatic carbocycles. The van der Waals surface area contributed by atoms with Gasteiger partial charge in [0.1, 0.15) is 0 Å². The Labute approximate surface area is 202 Å². The van der Waals surface area contributed by atoms with Crippen molar-refractivity contribution in [1.29, 1.82) is 0 Å². The molecule has 0 radical (unpaired) electrons. The third kappa shape index (κ3) is 8.11. The van der Waals surface area contributed by atoms with E-state index in [2.05, 4.69) is 56.4 Å². The molecule has 0 bridgehead atoms. The zero-order valence-electron chi connectivity index (χ0n) is 16.7. The van der Waals surface area contributed by atoms with Gasteiger partial charge in [-0.25, -0.2) is 12.1 Å². The predicted octanol–water partition coefficient (Wildman–Crippen LogP) is -3.63. The first kappa shape index (κ1) is 29.8. The van der Waals surface area contributed by atoms with Crippen LogP contribution in [-0.4, -0.2) is 9.52 Å². The Bertz CT molecular complexity index is 564. The van der Waals surface area contributed by atoms with Crippen molar-refractivity contribution in [1.82, 2.24) is 0 Å². The maximum atomic E-state index is 2.60. The first-order valence-corrected chi connectivity index (χ1v) is 11.2. The van der Waals surface area contributed by atoms with Crippen molar-refractivity contribution < 1.29 is 58.9 Å². The van der Waals surface area contributed by atoms with Gasteiger partial charge in [0.05, 0.1) is 0 Å². The van der Waals surface area contributed by atoms with E-state index >= 15 is 0 Å². The number of allylic oxidation sites excluding steroid dienone is 4. The fraction of sp³-hybridized carbons (Fsp3) is 0.591. The predicted molar refractivity (Wildman–Crippen MR) is 106 cm³/mol. The smallest absolute Gasteiger partial charge is 1.00 e. The van der Waals surface area contributed by atoms with Gasteiger partial charge in [0.25, 0.3) is 0 Å². The van der Waals surface area contributed by atoms with E-state index in [9.17, 15) is 0 Å². The average molecular weight is 480 g/mol. The molecule has 2 atom stereocenters. The van der Waals surface area contributed by atoms with E-state index in [0.29, 0.717) is 5.04 Å². The largest absolute Gasteiger partial charge is 4.00 e. The van der Waals surface area contributed by atoms with Crippen molar-refractivity contribution >= 4 is 14.7 Å². The Morgan fingerprint density at radius 1 is 1.15 bits per heavy atom. The second-order valence-corrected chi connectivity index (χ2v) is 10.6. The second-order valence-electron chi connectivity index (χ2n) is 8.05. The molecule has 0 aliphatic heterocycles. The van der Waals surface area contributed by atoms with Crippen LogP contribution in [0.25, 0.3) is 0 Å². The molecule has 0 aromatic heterocycles. The molecule has 1 fully saturated rings. The first-order valence-electron chi connectivity index (χ1n) is 9.81. The van der Waals surface area contributed by atoms with E-state index in [-0.39, 0.29) is 68.5 Å². The summed E-state index contributed by atoms with van der Waals surface area (Å²) in [6, 6.07) is 7.15. The van der Waals surface area contributed by atoms with E-state index in [4.69, 9.17) is 0 Å². The number of halogens is 3.